The molecule has 0 saturated heterocycles. The molecule has 1 aromatic carbocycles. The molecule has 2 heterocycles. The molecule has 3 aromatic rings. The van der Waals surface area contributed by atoms with Gasteiger partial charge in [0.15, 0.2) is 5.78 Å². The summed E-state index contributed by atoms with van der Waals surface area (Å²) in [6.07, 6.45) is 8.14. The standard InChI is InChI=1S/C45H66N10O8.C2H4O2/c1-45(2,3)63-44(62)31-25-52-39(43(61)55(42(60)32(47)17-11-12-18-46)37(57)22-36(56)33(48)19-27-13-7-5-8-14-27)38(30(31)24-50-4)40(58)35(21-29-23-51-26-53-29)54-41(59)34(49)20-28-15-9-6-10-16-28;1-2(3)4/h6,9-10,15-16,23,25-27,32-36,50,56H,5,7-8,11-14,17-22,24,46-49H2,1-4H3,(H,51,53)(H,54,59);1H3,(H,3,4)/t32-,33-,34-,35-,36-;/m0./s1. The van der Waals surface area contributed by atoms with Crippen LogP contribution >= 0.6 is 0 Å². The van der Waals surface area contributed by atoms with E-state index in [-0.39, 0.29) is 42.9 Å². The average Bonchev–Trinajstić information content (AvgIpc) is 3.79. The average molecular weight is 935 g/mol. The van der Waals surface area contributed by atoms with Crippen LogP contribution in [0.15, 0.2) is 49.1 Å². The van der Waals surface area contributed by atoms with Crippen LogP contribution in [-0.2, 0) is 43.3 Å². The number of pyridine rings is 1. The highest BCUT2D eigenvalue weighted by Crippen LogP contribution is 2.29. The van der Waals surface area contributed by atoms with Crippen molar-refractivity contribution in [1.82, 2.24) is 30.5 Å². The van der Waals surface area contributed by atoms with E-state index in [1.165, 1.54) is 19.6 Å². The number of imide groups is 3. The molecule has 1 aliphatic rings. The number of unbranched alkanes of at least 4 members (excludes halogenated alkanes) is 1. The van der Waals surface area contributed by atoms with Crippen molar-refractivity contribution in [3.05, 3.63) is 82.7 Å². The van der Waals surface area contributed by atoms with Crippen LogP contribution in [0.1, 0.15) is 140 Å². The lowest BCUT2D eigenvalue weighted by molar-refractivity contribution is -0.143. The number of nitrogens with zero attached hydrogens (tertiary/aromatic N) is 3. The fourth-order valence-electron chi connectivity index (χ4n) is 7.71. The molecule has 20 nitrogen and oxygen atoms in total. The van der Waals surface area contributed by atoms with E-state index in [4.69, 9.17) is 37.6 Å². The van der Waals surface area contributed by atoms with E-state index in [0.29, 0.717) is 36.4 Å². The molecule has 368 valence electrons. The van der Waals surface area contributed by atoms with Crippen molar-refractivity contribution in [1.29, 1.82) is 0 Å². The second kappa shape index (κ2) is 27.1. The number of aromatic amines is 1. The van der Waals surface area contributed by atoms with Crippen molar-refractivity contribution in [2.75, 3.05) is 13.6 Å². The number of esters is 1. The van der Waals surface area contributed by atoms with E-state index in [2.05, 4.69) is 25.6 Å². The molecular formula is C47H70N10O10. The lowest BCUT2D eigenvalue weighted by atomic mass is 9.83. The van der Waals surface area contributed by atoms with Gasteiger partial charge >= 0.3 is 5.97 Å². The molecule has 0 spiro atoms. The van der Waals surface area contributed by atoms with Crippen molar-refractivity contribution in [3.63, 3.8) is 0 Å². The van der Waals surface area contributed by atoms with Gasteiger partial charge in [0.25, 0.3) is 17.8 Å². The zero-order chi connectivity index (χ0) is 49.8. The number of hydrogen-bond donors (Lipinski definition) is 9. The van der Waals surface area contributed by atoms with Gasteiger partial charge in [0.2, 0.25) is 11.8 Å². The van der Waals surface area contributed by atoms with Crippen LogP contribution in [-0.4, -0.2) is 121 Å². The second-order valence-electron chi connectivity index (χ2n) is 17.9. The molecule has 0 bridgehead atoms. The third-order valence-electron chi connectivity index (χ3n) is 11.0. The van der Waals surface area contributed by atoms with E-state index in [1.807, 2.05) is 6.07 Å². The Kier molecular flexibility index (Phi) is 22.5. The number of carbonyl (C=O) groups is 7. The van der Waals surface area contributed by atoms with E-state index in [0.717, 1.165) is 50.8 Å². The molecule has 0 unspecified atom stereocenters. The number of carboxylic acid groups (broad SMARTS) is 1. The molecule has 5 atom stereocenters. The van der Waals surface area contributed by atoms with Crippen LogP contribution in [0.4, 0.5) is 0 Å². The molecule has 13 N–H and O–H groups in total. The number of hydrogen-bond acceptors (Lipinski definition) is 16. The maximum absolute atomic E-state index is 15.2. The smallest absolute Gasteiger partial charge is 0.340 e. The molecule has 67 heavy (non-hydrogen) atoms. The number of amides is 4. The number of aromatic nitrogens is 3. The number of ketones is 1. The summed E-state index contributed by atoms with van der Waals surface area (Å²) in [6, 6.07) is 4.23. The summed E-state index contributed by atoms with van der Waals surface area (Å²) >= 11 is 0. The number of imidazole rings is 1. The lowest BCUT2D eigenvalue weighted by Gasteiger charge is -2.29. The monoisotopic (exact) mass is 935 g/mol. The number of aliphatic carboxylic acids is 1. The predicted molar refractivity (Wildman–Crippen MR) is 249 cm³/mol. The quantitative estimate of drug-likeness (QED) is 0.0395. The molecule has 1 saturated carbocycles. The van der Waals surface area contributed by atoms with Crippen LogP contribution in [0.25, 0.3) is 0 Å². The Balaban J connectivity index is 0.00000285. The third kappa shape index (κ3) is 17.8. The van der Waals surface area contributed by atoms with Gasteiger partial charge in [-0.05, 0) is 77.1 Å². The largest absolute Gasteiger partial charge is 0.481 e. The maximum atomic E-state index is 15.2. The lowest BCUT2D eigenvalue weighted by Crippen LogP contribution is -2.53. The molecule has 4 amide bonds. The Morgan fingerprint density at radius 3 is 2.19 bits per heavy atom. The number of ether oxygens (including phenoxy) is 1. The molecular weight excluding hydrogens is 865 g/mol. The summed E-state index contributed by atoms with van der Waals surface area (Å²) in [6.45, 7) is 6.12. The zero-order valence-electron chi connectivity index (χ0n) is 39.3. The highest BCUT2D eigenvalue weighted by molar-refractivity contribution is 6.21. The van der Waals surface area contributed by atoms with Gasteiger partial charge in [-0.15, -0.1) is 0 Å². The van der Waals surface area contributed by atoms with Gasteiger partial charge in [0, 0.05) is 38.3 Å². The van der Waals surface area contributed by atoms with Crippen LogP contribution < -0.4 is 33.6 Å². The van der Waals surface area contributed by atoms with Crippen molar-refractivity contribution in [2.24, 2.45) is 28.9 Å². The number of Topliss-reactive ketones (excluding diaryl/α,β-unsaturated/α-hetero) is 1. The number of H-pyrrole nitrogens is 1. The van der Waals surface area contributed by atoms with Crippen LogP contribution in [0.5, 0.6) is 0 Å². The summed E-state index contributed by atoms with van der Waals surface area (Å²) in [5, 5.41) is 24.3. The second-order valence-corrected chi connectivity index (χ2v) is 17.9. The first-order valence-corrected chi connectivity index (χ1v) is 22.7. The number of aliphatic hydroxyl groups is 1. The molecule has 1 fully saturated rings. The number of nitrogens with one attached hydrogen (secondary N) is 3. The summed E-state index contributed by atoms with van der Waals surface area (Å²) in [7, 11) is 1.54. The predicted octanol–water partition coefficient (Wildman–Crippen LogP) is 2.05. The topological polar surface area (TPSA) is 342 Å². The maximum Gasteiger partial charge on any atom is 0.340 e. The van der Waals surface area contributed by atoms with E-state index in [9.17, 15) is 24.3 Å². The van der Waals surface area contributed by atoms with Crippen LogP contribution in [0.3, 0.4) is 0 Å². The Morgan fingerprint density at radius 2 is 1.61 bits per heavy atom. The first-order valence-electron chi connectivity index (χ1n) is 22.7. The third-order valence-corrected chi connectivity index (χ3v) is 11.0. The molecule has 4 rings (SSSR count). The van der Waals surface area contributed by atoms with Gasteiger partial charge in [-0.2, -0.15) is 0 Å². The Hall–Kier alpha value is -5.77. The van der Waals surface area contributed by atoms with Gasteiger partial charge in [0.05, 0.1) is 53.8 Å². The summed E-state index contributed by atoms with van der Waals surface area (Å²) < 4.78 is 5.68. The molecule has 1 aliphatic carbocycles. The fraction of sp³-hybridized carbons (Fsp3) is 0.553. The number of rotatable bonds is 22. The molecule has 20 heteroatoms. The molecule has 0 radical (unpaired) electrons. The van der Waals surface area contributed by atoms with Crippen LogP contribution in [0.2, 0.25) is 0 Å². The molecule has 2 aromatic heterocycles. The Morgan fingerprint density at radius 1 is 0.955 bits per heavy atom. The minimum Gasteiger partial charge on any atom is -0.481 e. The minimum atomic E-state index is -1.47. The van der Waals surface area contributed by atoms with Crippen molar-refractivity contribution in [2.45, 2.75) is 147 Å². The Bertz CT molecular complexity index is 2100. The Labute approximate surface area is 391 Å². The summed E-state index contributed by atoms with van der Waals surface area (Å²) in [5.41, 5.74) is 23.5. The summed E-state index contributed by atoms with van der Waals surface area (Å²) in [4.78, 5) is 107. The first-order chi connectivity index (χ1) is 31.7. The summed E-state index contributed by atoms with van der Waals surface area (Å²) in [5.74, 6) is -6.64. The number of aliphatic hydroxyl groups excluding tert-OH is 1. The number of carbonyl (C=O) groups excluding carboxylic acids is 6. The number of benzene rings is 1. The van der Waals surface area contributed by atoms with Gasteiger partial charge in [-0.3, -0.25) is 28.8 Å². The van der Waals surface area contributed by atoms with Crippen LogP contribution in [0, 0.1) is 5.92 Å². The van der Waals surface area contributed by atoms with Gasteiger partial charge < -0.3 is 53.5 Å². The van der Waals surface area contributed by atoms with E-state index in [1.54, 1.807) is 45.0 Å². The highest BCUT2D eigenvalue weighted by Gasteiger charge is 2.40. The minimum absolute atomic E-state index is 0.0552. The van der Waals surface area contributed by atoms with Gasteiger partial charge in [-0.25, -0.2) is 19.7 Å². The van der Waals surface area contributed by atoms with Gasteiger partial charge in [-0.1, -0.05) is 68.9 Å². The van der Waals surface area contributed by atoms with Gasteiger partial charge in [0.1, 0.15) is 11.3 Å². The fourth-order valence-corrected chi connectivity index (χ4v) is 7.71. The number of nitrogens with two attached hydrogens (primary N) is 4. The zero-order valence-corrected chi connectivity index (χ0v) is 39.3. The SMILES string of the molecule is CC(=O)O.CNCc1c(C(=O)OC(C)(C)C)cnc(C(=O)N(C(=O)C[C@H](O)[C@@H](N)CC2CCCCC2)C(=O)[C@@H](N)CCCCN)c1C(=O)[C@H](Cc1c[nH]cn1)NC(=O)[C@@H](N)Cc1ccccc1. The normalized spacial score (nSPS) is 15.1. The van der Waals surface area contributed by atoms with E-state index >= 15 is 9.59 Å². The van der Waals surface area contributed by atoms with Crippen molar-refractivity contribution >= 4 is 41.4 Å². The first kappa shape index (κ1) is 55.6. The number of carboxylic acids is 1. The molecule has 0 aliphatic heterocycles. The van der Waals surface area contributed by atoms with Crippen molar-refractivity contribution < 1.29 is 48.5 Å². The van der Waals surface area contributed by atoms with E-state index < -0.39 is 94.9 Å². The van der Waals surface area contributed by atoms with Crippen molar-refractivity contribution in [3.8, 4) is 0 Å². The highest BCUT2D eigenvalue weighted by atomic mass is 16.6.